The van der Waals surface area contributed by atoms with Gasteiger partial charge in [-0.15, -0.1) is 0 Å². The van der Waals surface area contributed by atoms with E-state index in [0.717, 1.165) is 0 Å². The molecule has 0 aliphatic carbocycles. The molecule has 0 rings (SSSR count). The monoisotopic (exact) mass is 476 g/mol. The maximum atomic E-state index is 12.9. The van der Waals surface area contributed by atoms with Crippen LogP contribution in [0, 0.1) is 11.8 Å². The van der Waals surface area contributed by atoms with Crippen LogP contribution in [0.15, 0.2) is 0 Å². The van der Waals surface area contributed by atoms with Gasteiger partial charge in [-0.2, -0.15) is 11.8 Å². The van der Waals surface area contributed by atoms with Crippen LogP contribution in [0.3, 0.4) is 0 Å². The molecule has 0 aliphatic rings. The molecule has 0 fully saturated rings. The Morgan fingerprint density at radius 1 is 0.906 bits per heavy atom. The van der Waals surface area contributed by atoms with Gasteiger partial charge in [0.15, 0.2) is 0 Å². The standard InChI is InChI=1S/C20H36N4O7S/c1-6-11(4)16(19(29)22-13(20(30)31)7-8-32-5)24-18(28)15(10(2)3)23-17(27)12(21)9-14(25)26/h10-13,15-16H,6-9,21H2,1-5H3,(H,22,29)(H,23,27)(H,24,28)(H,25,26)(H,30,31). The molecular formula is C20H36N4O7S. The van der Waals surface area contributed by atoms with Gasteiger partial charge in [-0.05, 0) is 30.3 Å². The van der Waals surface area contributed by atoms with Gasteiger partial charge in [-0.3, -0.25) is 19.2 Å². The van der Waals surface area contributed by atoms with Crippen LogP contribution < -0.4 is 21.7 Å². The van der Waals surface area contributed by atoms with Gasteiger partial charge in [-0.1, -0.05) is 34.1 Å². The lowest BCUT2D eigenvalue weighted by Gasteiger charge is -2.29. The summed E-state index contributed by atoms with van der Waals surface area (Å²) in [4.78, 5) is 60.2. The number of carbonyl (C=O) groups excluding carboxylic acids is 3. The number of carboxylic acid groups (broad SMARTS) is 2. The van der Waals surface area contributed by atoms with Crippen LogP contribution in [-0.4, -0.2) is 76.0 Å². The van der Waals surface area contributed by atoms with Crippen molar-refractivity contribution in [3.05, 3.63) is 0 Å². The molecule has 184 valence electrons. The summed E-state index contributed by atoms with van der Waals surface area (Å²) in [5, 5.41) is 25.7. The largest absolute Gasteiger partial charge is 0.481 e. The van der Waals surface area contributed by atoms with E-state index in [1.165, 1.54) is 11.8 Å². The summed E-state index contributed by atoms with van der Waals surface area (Å²) >= 11 is 1.45. The summed E-state index contributed by atoms with van der Waals surface area (Å²) in [7, 11) is 0. The van der Waals surface area contributed by atoms with Crippen molar-refractivity contribution in [3.63, 3.8) is 0 Å². The van der Waals surface area contributed by atoms with Gasteiger partial charge in [0.1, 0.15) is 18.1 Å². The van der Waals surface area contributed by atoms with E-state index in [2.05, 4.69) is 16.0 Å². The topological polar surface area (TPSA) is 188 Å². The maximum Gasteiger partial charge on any atom is 0.326 e. The number of thioether (sulfide) groups is 1. The first kappa shape index (κ1) is 29.7. The molecule has 0 aromatic rings. The van der Waals surface area contributed by atoms with Crippen LogP contribution in [0.5, 0.6) is 0 Å². The zero-order chi connectivity index (χ0) is 25.0. The Kier molecular flexibility index (Phi) is 13.6. The molecule has 11 nitrogen and oxygen atoms in total. The molecule has 5 atom stereocenters. The third kappa shape index (κ3) is 10.3. The van der Waals surface area contributed by atoms with Crippen molar-refractivity contribution in [1.82, 2.24) is 16.0 Å². The van der Waals surface area contributed by atoms with E-state index in [1.54, 1.807) is 20.8 Å². The second-order valence-electron chi connectivity index (χ2n) is 7.99. The lowest BCUT2D eigenvalue weighted by Crippen LogP contribution is -2.59. The van der Waals surface area contributed by atoms with Crippen LogP contribution in [0.25, 0.3) is 0 Å². The molecule has 0 spiro atoms. The minimum atomic E-state index is -1.33. The maximum absolute atomic E-state index is 12.9. The molecule has 5 unspecified atom stereocenters. The number of nitrogens with one attached hydrogen (secondary N) is 3. The molecule has 7 N–H and O–H groups in total. The highest BCUT2D eigenvalue weighted by Crippen LogP contribution is 2.12. The fourth-order valence-electron chi connectivity index (χ4n) is 2.78. The van der Waals surface area contributed by atoms with E-state index in [1.807, 2.05) is 13.2 Å². The van der Waals surface area contributed by atoms with Crippen molar-refractivity contribution in [3.8, 4) is 0 Å². The van der Waals surface area contributed by atoms with Crippen LogP contribution >= 0.6 is 11.8 Å². The molecule has 0 aromatic heterocycles. The number of carboxylic acids is 2. The molecule has 0 saturated carbocycles. The van der Waals surface area contributed by atoms with Crippen LogP contribution in [0.2, 0.25) is 0 Å². The Hall–Kier alpha value is -2.34. The Labute approximate surface area is 192 Å². The Bertz CT molecular complexity index is 674. The predicted molar refractivity (Wildman–Crippen MR) is 121 cm³/mol. The summed E-state index contributed by atoms with van der Waals surface area (Å²) in [5.74, 6) is -4.65. The van der Waals surface area contributed by atoms with Gasteiger partial charge in [0.25, 0.3) is 0 Å². The highest BCUT2D eigenvalue weighted by atomic mass is 32.2. The summed E-state index contributed by atoms with van der Waals surface area (Å²) in [6.45, 7) is 6.92. The third-order valence-electron chi connectivity index (χ3n) is 5.00. The van der Waals surface area contributed by atoms with E-state index >= 15 is 0 Å². The molecule has 0 saturated heterocycles. The second kappa shape index (κ2) is 14.7. The molecule has 0 aromatic carbocycles. The first-order valence-corrected chi connectivity index (χ1v) is 11.8. The average Bonchev–Trinajstić information content (AvgIpc) is 2.70. The zero-order valence-corrected chi connectivity index (χ0v) is 20.0. The minimum absolute atomic E-state index is 0.232. The zero-order valence-electron chi connectivity index (χ0n) is 19.2. The van der Waals surface area contributed by atoms with Gasteiger partial charge in [-0.25, -0.2) is 4.79 Å². The number of rotatable bonds is 15. The quantitative estimate of drug-likeness (QED) is 0.186. The van der Waals surface area contributed by atoms with E-state index in [0.29, 0.717) is 12.2 Å². The predicted octanol–water partition coefficient (Wildman–Crippen LogP) is -0.217. The number of nitrogens with two attached hydrogens (primary N) is 1. The number of aliphatic carboxylic acids is 2. The van der Waals surface area contributed by atoms with Gasteiger partial charge in [0.2, 0.25) is 17.7 Å². The molecule has 3 amide bonds. The SMILES string of the molecule is CCC(C)C(NC(=O)C(NC(=O)C(N)CC(=O)O)C(C)C)C(=O)NC(CCSC)C(=O)O. The third-order valence-corrected chi connectivity index (χ3v) is 5.64. The normalized spacial score (nSPS) is 15.7. The lowest BCUT2D eigenvalue weighted by atomic mass is 9.96. The number of amides is 3. The summed E-state index contributed by atoms with van der Waals surface area (Å²) < 4.78 is 0. The van der Waals surface area contributed by atoms with E-state index in [4.69, 9.17) is 10.8 Å². The highest BCUT2D eigenvalue weighted by Gasteiger charge is 2.33. The molecule has 0 aliphatic heterocycles. The Morgan fingerprint density at radius 2 is 1.44 bits per heavy atom. The fraction of sp³-hybridized carbons (Fsp3) is 0.750. The van der Waals surface area contributed by atoms with Gasteiger partial charge < -0.3 is 31.9 Å². The Balaban J connectivity index is 5.45. The van der Waals surface area contributed by atoms with Crippen molar-refractivity contribution in [1.29, 1.82) is 0 Å². The smallest absolute Gasteiger partial charge is 0.326 e. The van der Waals surface area contributed by atoms with E-state index < -0.39 is 60.2 Å². The summed E-state index contributed by atoms with van der Waals surface area (Å²) in [6.07, 6.45) is 1.99. The van der Waals surface area contributed by atoms with Crippen LogP contribution in [-0.2, 0) is 24.0 Å². The van der Waals surface area contributed by atoms with E-state index in [-0.39, 0.29) is 18.3 Å². The van der Waals surface area contributed by atoms with Crippen molar-refractivity contribution < 1.29 is 34.2 Å². The number of hydrogen-bond acceptors (Lipinski definition) is 7. The molecule has 0 radical (unpaired) electrons. The fourth-order valence-corrected chi connectivity index (χ4v) is 3.25. The summed E-state index contributed by atoms with van der Waals surface area (Å²) in [6, 6.07) is -4.50. The van der Waals surface area contributed by atoms with Gasteiger partial charge in [0, 0.05) is 0 Å². The van der Waals surface area contributed by atoms with Crippen LogP contribution in [0.1, 0.15) is 47.0 Å². The highest BCUT2D eigenvalue weighted by molar-refractivity contribution is 7.98. The average molecular weight is 477 g/mol. The minimum Gasteiger partial charge on any atom is -0.481 e. The molecule has 0 bridgehead atoms. The number of carbonyl (C=O) groups is 5. The van der Waals surface area contributed by atoms with Gasteiger partial charge in [0.05, 0.1) is 12.5 Å². The molecule has 12 heteroatoms. The summed E-state index contributed by atoms with van der Waals surface area (Å²) in [5.41, 5.74) is 5.56. The molecular weight excluding hydrogens is 440 g/mol. The van der Waals surface area contributed by atoms with Crippen molar-refractivity contribution in [2.45, 2.75) is 71.1 Å². The Morgan fingerprint density at radius 3 is 1.88 bits per heavy atom. The second-order valence-corrected chi connectivity index (χ2v) is 8.97. The van der Waals surface area contributed by atoms with Crippen molar-refractivity contribution in [2.75, 3.05) is 12.0 Å². The lowest BCUT2D eigenvalue weighted by molar-refractivity contribution is -0.142. The first-order valence-electron chi connectivity index (χ1n) is 10.5. The first-order chi connectivity index (χ1) is 14.8. The molecule has 32 heavy (non-hydrogen) atoms. The molecule has 0 heterocycles. The van der Waals surface area contributed by atoms with E-state index in [9.17, 15) is 29.1 Å². The van der Waals surface area contributed by atoms with Gasteiger partial charge >= 0.3 is 11.9 Å². The van der Waals surface area contributed by atoms with Crippen molar-refractivity contribution in [2.24, 2.45) is 17.6 Å². The van der Waals surface area contributed by atoms with Crippen LogP contribution in [0.4, 0.5) is 0 Å². The number of hydrogen-bond donors (Lipinski definition) is 6. The van der Waals surface area contributed by atoms with Crippen molar-refractivity contribution >= 4 is 41.4 Å².